The number of carbonyl (C=O) groups excluding carboxylic acids is 1. The Morgan fingerprint density at radius 3 is 2.85 bits per heavy atom. The van der Waals surface area contributed by atoms with Crippen molar-refractivity contribution in [1.82, 2.24) is 34.2 Å². The van der Waals surface area contributed by atoms with Gasteiger partial charge in [-0.3, -0.25) is 14.4 Å². The SMILES string of the molecule is CSc1ccc(OC(F)F)c(-c2nn(CC(=O)N3CCC(N4CCC[C@@H](C#N)C4)CC3)cc2NC(O)c2cnn3cccnc23)c1. The molecule has 2 aliphatic heterocycles. The van der Waals surface area contributed by atoms with E-state index in [9.17, 15) is 23.9 Å². The highest BCUT2D eigenvalue weighted by Crippen LogP contribution is 2.38. The lowest BCUT2D eigenvalue weighted by Crippen LogP contribution is -2.50. The average molecular weight is 652 g/mol. The zero-order valence-electron chi connectivity index (χ0n) is 25.3. The number of halogens is 2. The molecule has 5 heterocycles. The number of nitriles is 1. The molecule has 2 fully saturated rings. The Bertz CT molecular complexity index is 1720. The van der Waals surface area contributed by atoms with E-state index < -0.39 is 12.8 Å². The van der Waals surface area contributed by atoms with E-state index in [1.807, 2.05) is 11.2 Å². The molecule has 1 unspecified atom stereocenters. The normalized spacial score (nSPS) is 18.5. The summed E-state index contributed by atoms with van der Waals surface area (Å²) in [5.74, 6) is -0.143. The number of aliphatic hydroxyl groups is 1. The first kappa shape index (κ1) is 31.7. The van der Waals surface area contributed by atoms with Crippen molar-refractivity contribution < 1.29 is 23.4 Å². The van der Waals surface area contributed by atoms with Gasteiger partial charge in [-0.2, -0.15) is 24.2 Å². The molecule has 15 heteroatoms. The van der Waals surface area contributed by atoms with Crippen LogP contribution in [0.2, 0.25) is 0 Å². The zero-order chi connectivity index (χ0) is 32.2. The molecule has 3 aromatic heterocycles. The molecule has 4 aromatic rings. The van der Waals surface area contributed by atoms with E-state index in [0.29, 0.717) is 36.0 Å². The van der Waals surface area contributed by atoms with Crippen molar-refractivity contribution in [3.8, 4) is 23.1 Å². The molecule has 12 nitrogen and oxygen atoms in total. The summed E-state index contributed by atoms with van der Waals surface area (Å²) in [7, 11) is 0. The van der Waals surface area contributed by atoms with Crippen molar-refractivity contribution in [3.63, 3.8) is 0 Å². The first-order valence-corrected chi connectivity index (χ1v) is 16.4. The summed E-state index contributed by atoms with van der Waals surface area (Å²) >= 11 is 1.43. The smallest absolute Gasteiger partial charge is 0.387 e. The maximum absolute atomic E-state index is 13.5. The minimum Gasteiger partial charge on any atom is -0.434 e. The van der Waals surface area contributed by atoms with Crippen molar-refractivity contribution in [2.24, 2.45) is 5.92 Å². The molecule has 0 bridgehead atoms. The van der Waals surface area contributed by atoms with Gasteiger partial charge in [-0.1, -0.05) is 0 Å². The first-order valence-electron chi connectivity index (χ1n) is 15.2. The van der Waals surface area contributed by atoms with Crippen LogP contribution in [0.4, 0.5) is 14.5 Å². The Hall–Kier alpha value is -4.26. The van der Waals surface area contributed by atoms with E-state index in [4.69, 9.17) is 4.74 Å². The van der Waals surface area contributed by atoms with Crippen molar-refractivity contribution in [1.29, 1.82) is 5.26 Å². The van der Waals surface area contributed by atoms with E-state index in [-0.39, 0.29) is 35.4 Å². The third-order valence-corrected chi connectivity index (χ3v) is 9.30. The molecule has 46 heavy (non-hydrogen) atoms. The Morgan fingerprint density at radius 1 is 1.26 bits per heavy atom. The predicted molar refractivity (Wildman–Crippen MR) is 167 cm³/mol. The third-order valence-electron chi connectivity index (χ3n) is 8.58. The highest BCUT2D eigenvalue weighted by Gasteiger charge is 2.31. The fourth-order valence-corrected chi connectivity index (χ4v) is 6.69. The number of aromatic nitrogens is 5. The monoisotopic (exact) mass is 651 g/mol. The minimum atomic E-state index is -3.06. The topological polar surface area (TPSA) is 137 Å². The number of likely N-dealkylation sites (tertiary alicyclic amines) is 2. The number of hydrogen-bond acceptors (Lipinski definition) is 10. The van der Waals surface area contributed by atoms with E-state index >= 15 is 0 Å². The number of carbonyl (C=O) groups is 1. The molecule has 0 radical (unpaired) electrons. The van der Waals surface area contributed by atoms with Gasteiger partial charge in [-0.15, -0.1) is 11.8 Å². The fraction of sp³-hybridized carbons (Fsp3) is 0.452. The number of hydrogen-bond donors (Lipinski definition) is 2. The van der Waals surface area contributed by atoms with Gasteiger partial charge in [0.25, 0.3) is 0 Å². The highest BCUT2D eigenvalue weighted by atomic mass is 32.2. The van der Waals surface area contributed by atoms with Gasteiger partial charge in [-0.05, 0) is 62.7 Å². The summed E-state index contributed by atoms with van der Waals surface area (Å²) in [5.41, 5.74) is 1.66. The number of nitrogens with one attached hydrogen (secondary N) is 1. The number of aliphatic hydroxyl groups excluding tert-OH is 1. The first-order chi connectivity index (χ1) is 22.3. The third kappa shape index (κ3) is 6.93. The lowest BCUT2D eigenvalue weighted by Gasteiger charge is -2.41. The number of amides is 1. The summed E-state index contributed by atoms with van der Waals surface area (Å²) < 4.78 is 34.7. The summed E-state index contributed by atoms with van der Waals surface area (Å²) in [6, 6.07) is 9.28. The summed E-state index contributed by atoms with van der Waals surface area (Å²) in [5, 5.41) is 32.5. The lowest BCUT2D eigenvalue weighted by atomic mass is 9.95. The lowest BCUT2D eigenvalue weighted by molar-refractivity contribution is -0.133. The second-order valence-corrected chi connectivity index (χ2v) is 12.3. The Kier molecular flexibility index (Phi) is 9.67. The highest BCUT2D eigenvalue weighted by molar-refractivity contribution is 7.98. The van der Waals surface area contributed by atoms with E-state index in [1.165, 1.54) is 33.2 Å². The number of anilines is 1. The number of ether oxygens (including phenoxy) is 1. The Balaban J connectivity index is 1.24. The maximum atomic E-state index is 13.5. The molecule has 2 atom stereocenters. The van der Waals surface area contributed by atoms with Gasteiger partial charge < -0.3 is 20.1 Å². The zero-order valence-corrected chi connectivity index (χ0v) is 26.1. The number of alkyl halides is 2. The molecule has 0 saturated carbocycles. The average Bonchev–Trinajstić information content (AvgIpc) is 3.68. The van der Waals surface area contributed by atoms with Crippen LogP contribution in [0.25, 0.3) is 16.9 Å². The predicted octanol–water partition coefficient (Wildman–Crippen LogP) is 4.25. The van der Waals surface area contributed by atoms with E-state index in [2.05, 4.69) is 31.5 Å². The molecule has 242 valence electrons. The molecule has 0 aliphatic carbocycles. The molecular formula is C31H35F2N9O3S. The van der Waals surface area contributed by atoms with Crippen molar-refractivity contribution >= 4 is 29.0 Å². The van der Waals surface area contributed by atoms with Crippen LogP contribution < -0.4 is 10.1 Å². The molecule has 6 rings (SSSR count). The molecule has 2 saturated heterocycles. The van der Waals surface area contributed by atoms with E-state index in [1.54, 1.807) is 36.8 Å². The second-order valence-electron chi connectivity index (χ2n) is 11.4. The molecule has 2 N–H and O–H groups in total. The molecule has 1 amide bonds. The van der Waals surface area contributed by atoms with Gasteiger partial charge in [0.15, 0.2) is 11.9 Å². The fourth-order valence-electron chi connectivity index (χ4n) is 6.25. The van der Waals surface area contributed by atoms with Crippen LogP contribution in [0.1, 0.15) is 37.5 Å². The maximum Gasteiger partial charge on any atom is 0.387 e. The van der Waals surface area contributed by atoms with Gasteiger partial charge in [0.05, 0.1) is 29.4 Å². The van der Waals surface area contributed by atoms with Crippen molar-refractivity contribution in [2.45, 2.75) is 56.0 Å². The quantitative estimate of drug-likeness (QED) is 0.189. The van der Waals surface area contributed by atoms with Gasteiger partial charge >= 0.3 is 6.61 Å². The van der Waals surface area contributed by atoms with Crippen LogP contribution in [0, 0.1) is 17.2 Å². The number of benzene rings is 1. The summed E-state index contributed by atoms with van der Waals surface area (Å²) in [4.78, 5) is 22.8. The van der Waals surface area contributed by atoms with Crippen LogP contribution in [-0.2, 0) is 11.3 Å². The minimum absolute atomic E-state index is 0.0658. The van der Waals surface area contributed by atoms with Crippen molar-refractivity contribution in [2.75, 3.05) is 37.8 Å². The number of rotatable bonds is 10. The van der Waals surface area contributed by atoms with Gasteiger partial charge in [0.1, 0.15) is 18.0 Å². The summed E-state index contributed by atoms with van der Waals surface area (Å²) in [6.45, 7) is -0.186. The number of nitrogens with zero attached hydrogens (tertiary/aromatic N) is 8. The largest absolute Gasteiger partial charge is 0.434 e. The number of fused-ring (bicyclic) bond motifs is 1. The molecule has 1 aromatic carbocycles. The number of thioether (sulfide) groups is 1. The van der Waals surface area contributed by atoms with Gasteiger partial charge in [-0.25, -0.2) is 9.50 Å². The summed E-state index contributed by atoms with van der Waals surface area (Å²) in [6.07, 6.45) is 10.6. The van der Waals surface area contributed by atoms with Crippen LogP contribution in [0.5, 0.6) is 5.75 Å². The van der Waals surface area contributed by atoms with Crippen LogP contribution in [0.15, 0.2) is 53.9 Å². The second kappa shape index (κ2) is 14.0. The molecule has 2 aliphatic rings. The van der Waals surface area contributed by atoms with Crippen molar-refractivity contribution in [3.05, 3.63) is 54.6 Å². The van der Waals surface area contributed by atoms with Crippen LogP contribution in [-0.4, -0.2) is 90.3 Å². The van der Waals surface area contributed by atoms with Crippen LogP contribution in [0.3, 0.4) is 0 Å². The Labute approximate surface area is 268 Å². The van der Waals surface area contributed by atoms with Gasteiger partial charge in [0.2, 0.25) is 5.91 Å². The standard InChI is InChI=1S/C31H35F2N9O3S/c1-46-22-5-6-26(45-31(32)33)23(14-22)28-25(37-30(44)24-16-36-42-11-3-9-35-29(24)42)18-41(38-28)19-27(43)39-12-7-21(8-13-39)40-10-2-4-20(15-34)17-40/h3,5-6,9,11,14,16,18,20-21,30-31,37,44H,2,4,7-8,10,12-13,17,19H2,1H3/t20-,30?/m0/s1. The van der Waals surface area contributed by atoms with E-state index in [0.717, 1.165) is 43.7 Å². The Morgan fingerprint density at radius 2 is 2.09 bits per heavy atom. The molecule has 0 spiro atoms. The molecular weight excluding hydrogens is 616 g/mol. The van der Waals surface area contributed by atoms with Crippen LogP contribution >= 0.6 is 11.8 Å². The number of piperidine rings is 2. The van der Waals surface area contributed by atoms with Gasteiger partial charge in [0, 0.05) is 54.7 Å².